The first kappa shape index (κ1) is 12.8. The Morgan fingerprint density at radius 2 is 2.00 bits per heavy atom. The second-order valence-corrected chi connectivity index (χ2v) is 3.68. The lowest BCUT2D eigenvalue weighted by atomic mass is 10.5. The molecule has 0 spiro atoms. The van der Waals surface area contributed by atoms with Crippen LogP contribution in [0.15, 0.2) is 24.8 Å². The first-order chi connectivity index (χ1) is 8.85. The molecule has 6 nitrogen and oxygen atoms in total. The van der Waals surface area contributed by atoms with E-state index in [9.17, 15) is 0 Å². The minimum Gasteiger partial charge on any atom is -0.351 e. The number of H-pyrrole nitrogens is 1. The van der Waals surface area contributed by atoms with Crippen molar-refractivity contribution < 1.29 is 9.47 Å². The Hall–Kier alpha value is -1.66. The first-order valence-electron chi connectivity index (χ1n) is 6.09. The third kappa shape index (κ3) is 2.96. The van der Waals surface area contributed by atoms with E-state index in [4.69, 9.17) is 9.47 Å². The van der Waals surface area contributed by atoms with E-state index >= 15 is 0 Å². The standard InChI is InChI=1S/C12H18N4O2/c1-3-17-10(18-4-2)9-16-8-7-15-12(16)11-13-5-6-14-11/h5-8,10H,3-4,9H2,1-2H3,(H,13,14). The third-order valence-corrected chi connectivity index (χ3v) is 2.48. The molecule has 98 valence electrons. The Morgan fingerprint density at radius 1 is 1.22 bits per heavy atom. The van der Waals surface area contributed by atoms with Gasteiger partial charge >= 0.3 is 0 Å². The quantitative estimate of drug-likeness (QED) is 0.759. The average Bonchev–Trinajstić information content (AvgIpc) is 2.99. The summed E-state index contributed by atoms with van der Waals surface area (Å²) in [7, 11) is 0. The van der Waals surface area contributed by atoms with E-state index < -0.39 is 0 Å². The van der Waals surface area contributed by atoms with Gasteiger partial charge in [0, 0.05) is 38.0 Å². The number of nitrogens with one attached hydrogen (secondary N) is 1. The van der Waals surface area contributed by atoms with Gasteiger partial charge in [-0.15, -0.1) is 0 Å². The summed E-state index contributed by atoms with van der Waals surface area (Å²) in [5.74, 6) is 1.52. The zero-order valence-corrected chi connectivity index (χ0v) is 10.7. The largest absolute Gasteiger partial charge is 0.351 e. The Balaban J connectivity index is 2.11. The van der Waals surface area contributed by atoms with Gasteiger partial charge in [-0.3, -0.25) is 0 Å². The molecule has 0 unspecified atom stereocenters. The minimum absolute atomic E-state index is 0.261. The second-order valence-electron chi connectivity index (χ2n) is 3.68. The number of nitrogens with zero attached hydrogens (tertiary/aromatic N) is 3. The highest BCUT2D eigenvalue weighted by Gasteiger charge is 2.13. The second kappa shape index (κ2) is 6.32. The summed E-state index contributed by atoms with van der Waals surface area (Å²) in [6.45, 7) is 5.74. The predicted molar refractivity (Wildman–Crippen MR) is 66.8 cm³/mol. The molecule has 6 heteroatoms. The van der Waals surface area contributed by atoms with Crippen LogP contribution in [0.1, 0.15) is 13.8 Å². The normalized spacial score (nSPS) is 11.3. The first-order valence-corrected chi connectivity index (χ1v) is 6.09. The van der Waals surface area contributed by atoms with E-state index in [0.29, 0.717) is 19.8 Å². The molecule has 2 heterocycles. The monoisotopic (exact) mass is 250 g/mol. The molecule has 0 bridgehead atoms. The summed E-state index contributed by atoms with van der Waals surface area (Å²) in [6.07, 6.45) is 6.85. The molecule has 2 aromatic rings. The molecule has 0 fully saturated rings. The third-order valence-electron chi connectivity index (χ3n) is 2.48. The van der Waals surface area contributed by atoms with Crippen molar-refractivity contribution >= 4 is 0 Å². The Bertz CT molecular complexity index is 446. The van der Waals surface area contributed by atoms with Crippen LogP contribution in [0.5, 0.6) is 0 Å². The number of aromatic nitrogens is 4. The lowest BCUT2D eigenvalue weighted by molar-refractivity contribution is -0.143. The fraction of sp³-hybridized carbons (Fsp3) is 0.500. The molecule has 0 atom stereocenters. The van der Waals surface area contributed by atoms with E-state index in [-0.39, 0.29) is 6.29 Å². The SMILES string of the molecule is CCOC(Cn1ccnc1-c1ncc[nH]1)OCC. The molecular weight excluding hydrogens is 232 g/mol. The zero-order valence-electron chi connectivity index (χ0n) is 10.7. The summed E-state index contributed by atoms with van der Waals surface area (Å²) < 4.78 is 13.0. The molecule has 18 heavy (non-hydrogen) atoms. The predicted octanol–water partition coefficient (Wildman–Crippen LogP) is 1.67. The molecule has 0 amide bonds. The molecule has 0 aliphatic carbocycles. The Morgan fingerprint density at radius 3 is 2.61 bits per heavy atom. The van der Waals surface area contributed by atoms with Crippen molar-refractivity contribution in [1.29, 1.82) is 0 Å². The van der Waals surface area contributed by atoms with Gasteiger partial charge < -0.3 is 19.0 Å². The van der Waals surface area contributed by atoms with Gasteiger partial charge in [0.2, 0.25) is 0 Å². The maximum Gasteiger partial charge on any atom is 0.176 e. The molecule has 0 aliphatic heterocycles. The molecule has 0 saturated carbocycles. The van der Waals surface area contributed by atoms with Gasteiger partial charge in [-0.1, -0.05) is 0 Å². The fourth-order valence-corrected chi connectivity index (χ4v) is 1.75. The molecule has 0 aliphatic rings. The molecule has 0 saturated heterocycles. The Labute approximate surface area is 106 Å². The smallest absolute Gasteiger partial charge is 0.176 e. The van der Waals surface area contributed by atoms with E-state index in [0.717, 1.165) is 11.6 Å². The topological polar surface area (TPSA) is 65.0 Å². The van der Waals surface area contributed by atoms with Crippen molar-refractivity contribution in [3.63, 3.8) is 0 Å². The van der Waals surface area contributed by atoms with Gasteiger partial charge in [-0.2, -0.15) is 0 Å². The van der Waals surface area contributed by atoms with Crippen molar-refractivity contribution in [3.8, 4) is 11.6 Å². The van der Waals surface area contributed by atoms with Crippen LogP contribution in [0, 0.1) is 0 Å². The zero-order chi connectivity index (χ0) is 12.8. The number of ether oxygens (including phenoxy) is 2. The van der Waals surface area contributed by atoms with E-state index in [1.807, 2.05) is 24.6 Å². The van der Waals surface area contributed by atoms with Crippen LogP contribution in [0.2, 0.25) is 0 Å². The van der Waals surface area contributed by atoms with E-state index in [1.54, 1.807) is 18.6 Å². The van der Waals surface area contributed by atoms with Crippen LogP contribution in [0.4, 0.5) is 0 Å². The fourth-order valence-electron chi connectivity index (χ4n) is 1.75. The number of aromatic amines is 1. The Kier molecular flexibility index (Phi) is 4.49. The summed E-state index contributed by atoms with van der Waals surface area (Å²) in [4.78, 5) is 11.5. The summed E-state index contributed by atoms with van der Waals surface area (Å²) >= 11 is 0. The number of hydrogen-bond acceptors (Lipinski definition) is 4. The molecule has 2 rings (SSSR count). The van der Waals surface area contributed by atoms with Crippen molar-refractivity contribution in [1.82, 2.24) is 19.5 Å². The number of imidazole rings is 2. The van der Waals surface area contributed by atoms with Gasteiger partial charge in [0.15, 0.2) is 17.9 Å². The highest BCUT2D eigenvalue weighted by molar-refractivity contribution is 5.43. The van der Waals surface area contributed by atoms with Gasteiger partial charge in [0.25, 0.3) is 0 Å². The van der Waals surface area contributed by atoms with Gasteiger partial charge in [0.05, 0.1) is 6.54 Å². The lowest BCUT2D eigenvalue weighted by Gasteiger charge is -2.18. The summed E-state index contributed by atoms with van der Waals surface area (Å²) in [5, 5.41) is 0. The minimum atomic E-state index is -0.261. The van der Waals surface area contributed by atoms with Crippen LogP contribution in [0.25, 0.3) is 11.6 Å². The molecule has 1 N–H and O–H groups in total. The average molecular weight is 250 g/mol. The van der Waals surface area contributed by atoms with E-state index in [1.165, 1.54) is 0 Å². The van der Waals surface area contributed by atoms with Crippen LogP contribution < -0.4 is 0 Å². The molecular formula is C12H18N4O2. The molecule has 2 aromatic heterocycles. The van der Waals surface area contributed by atoms with Gasteiger partial charge in [0.1, 0.15) is 0 Å². The van der Waals surface area contributed by atoms with Crippen molar-refractivity contribution in [3.05, 3.63) is 24.8 Å². The van der Waals surface area contributed by atoms with Gasteiger partial charge in [-0.05, 0) is 13.8 Å². The molecule has 0 aromatic carbocycles. The highest BCUT2D eigenvalue weighted by Crippen LogP contribution is 2.13. The van der Waals surface area contributed by atoms with E-state index in [2.05, 4.69) is 15.0 Å². The van der Waals surface area contributed by atoms with Crippen molar-refractivity contribution in [2.45, 2.75) is 26.7 Å². The summed E-state index contributed by atoms with van der Waals surface area (Å²) in [5.41, 5.74) is 0. The molecule has 0 radical (unpaired) electrons. The van der Waals surface area contributed by atoms with Crippen molar-refractivity contribution in [2.75, 3.05) is 13.2 Å². The number of rotatable bonds is 7. The van der Waals surface area contributed by atoms with Crippen molar-refractivity contribution in [2.24, 2.45) is 0 Å². The van der Waals surface area contributed by atoms with Crippen LogP contribution in [-0.4, -0.2) is 39.0 Å². The van der Waals surface area contributed by atoms with Crippen LogP contribution in [0.3, 0.4) is 0 Å². The lowest BCUT2D eigenvalue weighted by Crippen LogP contribution is -2.23. The van der Waals surface area contributed by atoms with Crippen LogP contribution in [-0.2, 0) is 16.0 Å². The van der Waals surface area contributed by atoms with Gasteiger partial charge in [-0.25, -0.2) is 9.97 Å². The number of hydrogen-bond donors (Lipinski definition) is 1. The summed E-state index contributed by atoms with van der Waals surface area (Å²) in [6, 6.07) is 0. The maximum atomic E-state index is 5.53. The highest BCUT2D eigenvalue weighted by atomic mass is 16.7. The maximum absolute atomic E-state index is 5.53. The van der Waals surface area contributed by atoms with Crippen LogP contribution >= 0.6 is 0 Å².